The van der Waals surface area contributed by atoms with Crippen LogP contribution in [-0.4, -0.2) is 4.98 Å². The first kappa shape index (κ1) is 11.8. The molecule has 2 rings (SSSR count). The van der Waals surface area contributed by atoms with Gasteiger partial charge in [0.15, 0.2) is 0 Å². The molecule has 0 aliphatic carbocycles. The second-order valence-corrected chi connectivity index (χ2v) is 5.04. The highest BCUT2D eigenvalue weighted by Crippen LogP contribution is 2.27. The molecule has 0 fully saturated rings. The fourth-order valence-corrected chi connectivity index (χ4v) is 1.78. The molecule has 0 spiro atoms. The largest absolute Gasteiger partial charge is 0.256 e. The van der Waals surface area contributed by atoms with Gasteiger partial charge in [-0.1, -0.05) is 57.2 Å². The number of hydrogen-bond donors (Lipinski definition) is 0. The maximum atomic E-state index is 4.56. The number of hydrogen-bond acceptors (Lipinski definition) is 1. The van der Waals surface area contributed by atoms with Crippen molar-refractivity contribution in [1.29, 1.82) is 0 Å². The summed E-state index contributed by atoms with van der Waals surface area (Å²) in [5.41, 5.74) is 3.73. The third kappa shape index (κ3) is 2.55. The van der Waals surface area contributed by atoms with Crippen molar-refractivity contribution in [2.45, 2.75) is 32.6 Å². The van der Waals surface area contributed by atoms with Crippen LogP contribution in [0.25, 0.3) is 11.3 Å². The Balaban J connectivity index is 2.31. The summed E-state index contributed by atoms with van der Waals surface area (Å²) >= 11 is 0. The molecule has 0 bridgehead atoms. The topological polar surface area (TPSA) is 12.9 Å². The van der Waals surface area contributed by atoms with Gasteiger partial charge in [0.05, 0.1) is 5.69 Å². The van der Waals surface area contributed by atoms with E-state index in [0.29, 0.717) is 0 Å². The summed E-state index contributed by atoms with van der Waals surface area (Å²) in [5.74, 6) is 0. The Bertz CT molecular complexity index is 469. The quantitative estimate of drug-likeness (QED) is 0.752. The molecule has 1 nitrogen and oxygen atoms in total. The normalized spacial score (nSPS) is 11.5. The van der Waals surface area contributed by atoms with Crippen molar-refractivity contribution in [2.75, 3.05) is 0 Å². The smallest absolute Gasteiger partial charge is 0.0702 e. The van der Waals surface area contributed by atoms with Crippen LogP contribution < -0.4 is 0 Å². The van der Waals surface area contributed by atoms with Crippen LogP contribution in [0.15, 0.2) is 48.7 Å². The SMILES string of the molecule is CCC(C)(C)c1ccc(-c2ccccc2)nc1. The van der Waals surface area contributed by atoms with E-state index in [4.69, 9.17) is 0 Å². The lowest BCUT2D eigenvalue weighted by atomic mass is 9.83. The summed E-state index contributed by atoms with van der Waals surface area (Å²) in [4.78, 5) is 4.56. The summed E-state index contributed by atoms with van der Waals surface area (Å²) < 4.78 is 0. The molecule has 2 aromatic rings. The van der Waals surface area contributed by atoms with Crippen LogP contribution >= 0.6 is 0 Å². The maximum absolute atomic E-state index is 4.56. The zero-order chi connectivity index (χ0) is 12.3. The Kier molecular flexibility index (Phi) is 3.28. The van der Waals surface area contributed by atoms with E-state index in [9.17, 15) is 0 Å². The molecule has 0 unspecified atom stereocenters. The molecule has 17 heavy (non-hydrogen) atoms. The molecule has 0 N–H and O–H groups in total. The van der Waals surface area contributed by atoms with Gasteiger partial charge in [0, 0.05) is 11.8 Å². The summed E-state index contributed by atoms with van der Waals surface area (Å²) in [6.07, 6.45) is 3.13. The molecular formula is C16H19N. The minimum Gasteiger partial charge on any atom is -0.256 e. The van der Waals surface area contributed by atoms with E-state index in [1.165, 1.54) is 11.1 Å². The predicted octanol–water partition coefficient (Wildman–Crippen LogP) is 4.44. The van der Waals surface area contributed by atoms with E-state index >= 15 is 0 Å². The van der Waals surface area contributed by atoms with Crippen molar-refractivity contribution in [3.05, 3.63) is 54.2 Å². The predicted molar refractivity (Wildman–Crippen MR) is 73.0 cm³/mol. The molecule has 1 aromatic carbocycles. The van der Waals surface area contributed by atoms with Gasteiger partial charge in [-0.15, -0.1) is 0 Å². The molecule has 0 saturated carbocycles. The zero-order valence-corrected chi connectivity index (χ0v) is 10.8. The van der Waals surface area contributed by atoms with Gasteiger partial charge in [-0.2, -0.15) is 0 Å². The maximum Gasteiger partial charge on any atom is 0.0702 e. The molecule has 1 heteroatoms. The number of benzene rings is 1. The van der Waals surface area contributed by atoms with Crippen molar-refractivity contribution in [3.8, 4) is 11.3 Å². The van der Waals surface area contributed by atoms with Crippen molar-refractivity contribution in [3.63, 3.8) is 0 Å². The van der Waals surface area contributed by atoms with E-state index < -0.39 is 0 Å². The van der Waals surface area contributed by atoms with Gasteiger partial charge in [-0.25, -0.2) is 0 Å². The van der Waals surface area contributed by atoms with E-state index in [1.807, 2.05) is 24.4 Å². The van der Waals surface area contributed by atoms with Gasteiger partial charge >= 0.3 is 0 Å². The third-order valence-corrected chi connectivity index (χ3v) is 3.50. The van der Waals surface area contributed by atoms with E-state index in [2.05, 4.69) is 50.0 Å². The molecule has 0 aliphatic heterocycles. The fraction of sp³-hybridized carbons (Fsp3) is 0.312. The number of pyridine rings is 1. The average molecular weight is 225 g/mol. The monoisotopic (exact) mass is 225 g/mol. The Hall–Kier alpha value is -1.63. The lowest BCUT2D eigenvalue weighted by Crippen LogP contribution is -2.15. The number of aromatic nitrogens is 1. The van der Waals surface area contributed by atoms with Crippen LogP contribution in [0.4, 0.5) is 0 Å². The average Bonchev–Trinajstić information content (AvgIpc) is 2.40. The van der Waals surface area contributed by atoms with E-state index in [-0.39, 0.29) is 5.41 Å². The van der Waals surface area contributed by atoms with Crippen molar-refractivity contribution in [2.24, 2.45) is 0 Å². The van der Waals surface area contributed by atoms with Crippen LogP contribution in [0.1, 0.15) is 32.8 Å². The Morgan fingerprint density at radius 3 is 2.24 bits per heavy atom. The van der Waals surface area contributed by atoms with Gasteiger partial charge in [0.25, 0.3) is 0 Å². The second kappa shape index (κ2) is 4.70. The first-order valence-electron chi connectivity index (χ1n) is 6.15. The summed E-state index contributed by atoms with van der Waals surface area (Å²) in [7, 11) is 0. The standard InChI is InChI=1S/C16H19N/c1-4-16(2,3)14-10-11-15(17-12-14)13-8-6-5-7-9-13/h5-12H,4H2,1-3H3. The Morgan fingerprint density at radius 1 is 1.00 bits per heavy atom. The first-order chi connectivity index (χ1) is 8.13. The molecule has 88 valence electrons. The van der Waals surface area contributed by atoms with E-state index in [0.717, 1.165) is 12.1 Å². The summed E-state index contributed by atoms with van der Waals surface area (Å²) in [5, 5.41) is 0. The molecule has 0 amide bonds. The van der Waals surface area contributed by atoms with Crippen molar-refractivity contribution < 1.29 is 0 Å². The highest BCUT2D eigenvalue weighted by Gasteiger charge is 2.18. The highest BCUT2D eigenvalue weighted by molar-refractivity contribution is 5.58. The molecule has 0 saturated heterocycles. The van der Waals surface area contributed by atoms with Crippen LogP contribution in [0.3, 0.4) is 0 Å². The third-order valence-electron chi connectivity index (χ3n) is 3.50. The van der Waals surface area contributed by atoms with Gasteiger partial charge < -0.3 is 0 Å². The molecule has 1 aromatic heterocycles. The minimum absolute atomic E-state index is 0.211. The van der Waals surface area contributed by atoms with Gasteiger partial charge in [-0.05, 0) is 23.5 Å². The van der Waals surface area contributed by atoms with Crippen molar-refractivity contribution >= 4 is 0 Å². The van der Waals surface area contributed by atoms with Gasteiger partial charge in [0.2, 0.25) is 0 Å². The van der Waals surface area contributed by atoms with E-state index in [1.54, 1.807) is 0 Å². The lowest BCUT2D eigenvalue weighted by molar-refractivity contribution is 0.504. The minimum atomic E-state index is 0.211. The Labute approximate surface area is 104 Å². The van der Waals surface area contributed by atoms with Crippen LogP contribution in [0.5, 0.6) is 0 Å². The molecule has 0 atom stereocenters. The first-order valence-corrected chi connectivity index (χ1v) is 6.15. The van der Waals surface area contributed by atoms with Gasteiger partial charge in [0.1, 0.15) is 0 Å². The number of nitrogens with zero attached hydrogens (tertiary/aromatic N) is 1. The zero-order valence-electron chi connectivity index (χ0n) is 10.8. The van der Waals surface area contributed by atoms with Crippen LogP contribution in [-0.2, 0) is 5.41 Å². The fourth-order valence-electron chi connectivity index (χ4n) is 1.78. The molecule has 0 aliphatic rings. The Morgan fingerprint density at radius 2 is 1.71 bits per heavy atom. The second-order valence-electron chi connectivity index (χ2n) is 5.04. The summed E-state index contributed by atoms with van der Waals surface area (Å²) in [6, 6.07) is 14.6. The van der Waals surface area contributed by atoms with Crippen molar-refractivity contribution in [1.82, 2.24) is 4.98 Å². The van der Waals surface area contributed by atoms with Crippen LogP contribution in [0.2, 0.25) is 0 Å². The molecule has 1 heterocycles. The summed E-state index contributed by atoms with van der Waals surface area (Å²) in [6.45, 7) is 6.73. The lowest BCUT2D eigenvalue weighted by Gasteiger charge is -2.22. The number of rotatable bonds is 3. The van der Waals surface area contributed by atoms with Crippen LogP contribution in [0, 0.1) is 0 Å². The molecular weight excluding hydrogens is 206 g/mol. The van der Waals surface area contributed by atoms with Gasteiger partial charge in [-0.3, -0.25) is 4.98 Å². The molecule has 0 radical (unpaired) electrons. The highest BCUT2D eigenvalue weighted by atomic mass is 14.7.